The Hall–Kier alpha value is -1.15. The minimum atomic E-state index is -2.96. The summed E-state index contributed by atoms with van der Waals surface area (Å²) in [6.07, 6.45) is -2.96. The normalized spacial score (nSPS) is 10.7. The zero-order chi connectivity index (χ0) is 11.6. The van der Waals surface area contributed by atoms with Crippen molar-refractivity contribution in [2.24, 2.45) is 5.73 Å². The van der Waals surface area contributed by atoms with E-state index in [0.29, 0.717) is 0 Å². The molecule has 0 aliphatic heterocycles. The van der Waals surface area contributed by atoms with Gasteiger partial charge >= 0.3 is 0 Å². The molecule has 5 nitrogen and oxygen atoms in total. The molecule has 1 rings (SSSR count). The number of rotatable bonds is 3. The van der Waals surface area contributed by atoms with Gasteiger partial charge in [0.25, 0.3) is 12.1 Å². The number of hydrogen-bond donors (Lipinski definition) is 1. The van der Waals surface area contributed by atoms with Crippen molar-refractivity contribution < 1.29 is 13.7 Å². The van der Waals surface area contributed by atoms with E-state index in [1.807, 2.05) is 0 Å². The number of nitrogens with two attached hydrogens (primary N) is 1. The Morgan fingerprint density at radius 1 is 1.67 bits per heavy atom. The summed E-state index contributed by atoms with van der Waals surface area (Å²) in [6, 6.07) is 0.951. The van der Waals surface area contributed by atoms with Gasteiger partial charge in [0, 0.05) is 12.6 Å². The second kappa shape index (κ2) is 4.58. The predicted molar refractivity (Wildman–Crippen MR) is 51.4 cm³/mol. The van der Waals surface area contributed by atoms with Crippen LogP contribution < -0.4 is 5.73 Å². The van der Waals surface area contributed by atoms with Crippen molar-refractivity contribution in [2.75, 3.05) is 0 Å². The van der Waals surface area contributed by atoms with Gasteiger partial charge in [0.1, 0.15) is 10.2 Å². The van der Waals surface area contributed by atoms with Crippen molar-refractivity contribution in [2.45, 2.75) is 13.0 Å². The van der Waals surface area contributed by atoms with Crippen LogP contribution in [0.1, 0.15) is 17.7 Å². The Balaban J connectivity index is 3.42. The highest BCUT2D eigenvalue weighted by atomic mass is 79.9. The van der Waals surface area contributed by atoms with Gasteiger partial charge in [0.15, 0.2) is 0 Å². The van der Waals surface area contributed by atoms with Crippen LogP contribution >= 0.6 is 15.9 Å². The summed E-state index contributed by atoms with van der Waals surface area (Å²) in [7, 11) is 0. The number of pyridine rings is 1. The van der Waals surface area contributed by atoms with Gasteiger partial charge in [-0.25, -0.2) is 13.8 Å². The van der Waals surface area contributed by atoms with Crippen LogP contribution in [-0.4, -0.2) is 9.91 Å². The molecule has 1 aromatic heterocycles. The van der Waals surface area contributed by atoms with E-state index in [-0.39, 0.29) is 16.8 Å². The second-order valence-electron chi connectivity index (χ2n) is 2.60. The molecule has 0 fully saturated rings. The maximum Gasteiger partial charge on any atom is 0.282 e. The summed E-state index contributed by atoms with van der Waals surface area (Å²) in [5, 5.41) is 10.5. The minimum Gasteiger partial charge on any atom is -0.325 e. The summed E-state index contributed by atoms with van der Waals surface area (Å²) in [5.41, 5.74) is 4.00. The van der Waals surface area contributed by atoms with Gasteiger partial charge in [-0.2, -0.15) is 0 Å². The van der Waals surface area contributed by atoms with E-state index in [1.54, 1.807) is 0 Å². The number of nitrogens with zero attached hydrogens (tertiary/aromatic N) is 2. The molecule has 0 aliphatic rings. The second-order valence-corrected chi connectivity index (χ2v) is 3.35. The summed E-state index contributed by atoms with van der Waals surface area (Å²) < 4.78 is 24.7. The Morgan fingerprint density at radius 3 is 2.67 bits per heavy atom. The number of hydrogen-bond acceptors (Lipinski definition) is 4. The molecular formula is C7H6BrF2N3O2. The largest absolute Gasteiger partial charge is 0.325 e. The van der Waals surface area contributed by atoms with Crippen LogP contribution in [0.5, 0.6) is 0 Å². The molecular weight excluding hydrogens is 276 g/mol. The molecule has 82 valence electrons. The monoisotopic (exact) mass is 281 g/mol. The summed E-state index contributed by atoms with van der Waals surface area (Å²) >= 11 is 2.76. The average molecular weight is 282 g/mol. The molecule has 1 aromatic rings. The van der Waals surface area contributed by atoms with Gasteiger partial charge < -0.3 is 5.73 Å². The van der Waals surface area contributed by atoms with E-state index < -0.39 is 22.6 Å². The highest BCUT2D eigenvalue weighted by Gasteiger charge is 2.26. The van der Waals surface area contributed by atoms with E-state index in [0.717, 1.165) is 6.07 Å². The lowest BCUT2D eigenvalue weighted by atomic mass is 10.2. The van der Waals surface area contributed by atoms with Crippen LogP contribution in [0.25, 0.3) is 0 Å². The van der Waals surface area contributed by atoms with Crippen molar-refractivity contribution in [3.8, 4) is 0 Å². The number of alkyl halides is 2. The van der Waals surface area contributed by atoms with Gasteiger partial charge in [-0.1, -0.05) is 0 Å². The summed E-state index contributed by atoms with van der Waals surface area (Å²) in [6.45, 7) is -0.0526. The minimum absolute atomic E-state index is 0.0526. The third-order valence-electron chi connectivity index (χ3n) is 1.67. The van der Waals surface area contributed by atoms with E-state index in [1.165, 1.54) is 0 Å². The highest BCUT2D eigenvalue weighted by molar-refractivity contribution is 9.10. The molecule has 2 N–H and O–H groups in total. The van der Waals surface area contributed by atoms with Gasteiger partial charge in [0.05, 0.1) is 10.6 Å². The third-order valence-corrected chi connectivity index (χ3v) is 2.27. The highest BCUT2D eigenvalue weighted by Crippen LogP contribution is 2.34. The van der Waals surface area contributed by atoms with Gasteiger partial charge in [-0.05, 0) is 15.9 Å². The first-order valence-electron chi connectivity index (χ1n) is 3.79. The summed E-state index contributed by atoms with van der Waals surface area (Å²) in [4.78, 5) is 13.3. The molecule has 0 saturated carbocycles. The van der Waals surface area contributed by atoms with Crippen LogP contribution in [0.2, 0.25) is 0 Å². The molecule has 0 saturated heterocycles. The molecule has 0 atom stereocenters. The molecule has 0 bridgehead atoms. The van der Waals surface area contributed by atoms with Crippen LogP contribution in [0, 0.1) is 10.1 Å². The van der Waals surface area contributed by atoms with Crippen LogP contribution in [-0.2, 0) is 6.54 Å². The fourth-order valence-electron chi connectivity index (χ4n) is 1.02. The Morgan fingerprint density at radius 2 is 2.27 bits per heavy atom. The third kappa shape index (κ3) is 2.45. The summed E-state index contributed by atoms with van der Waals surface area (Å²) in [5.74, 6) is 0. The van der Waals surface area contributed by atoms with Gasteiger partial charge in [0.2, 0.25) is 0 Å². The van der Waals surface area contributed by atoms with Crippen molar-refractivity contribution >= 4 is 21.6 Å². The fourth-order valence-corrected chi connectivity index (χ4v) is 1.62. The topological polar surface area (TPSA) is 82.0 Å². The van der Waals surface area contributed by atoms with Crippen molar-refractivity contribution in [3.05, 3.63) is 32.0 Å². The zero-order valence-electron chi connectivity index (χ0n) is 7.28. The lowest BCUT2D eigenvalue weighted by Gasteiger charge is -2.05. The number of halogens is 3. The van der Waals surface area contributed by atoms with Crippen molar-refractivity contribution in [1.82, 2.24) is 4.98 Å². The first kappa shape index (κ1) is 11.9. The first-order valence-corrected chi connectivity index (χ1v) is 4.58. The maximum absolute atomic E-state index is 12.5. The van der Waals surface area contributed by atoms with E-state index in [4.69, 9.17) is 5.73 Å². The predicted octanol–water partition coefficient (Wildman–Crippen LogP) is 2.15. The molecule has 15 heavy (non-hydrogen) atoms. The van der Waals surface area contributed by atoms with E-state index in [9.17, 15) is 18.9 Å². The van der Waals surface area contributed by atoms with Crippen LogP contribution in [0.3, 0.4) is 0 Å². The molecule has 0 unspecified atom stereocenters. The molecule has 0 aliphatic carbocycles. The van der Waals surface area contributed by atoms with Gasteiger partial charge in [-0.3, -0.25) is 10.1 Å². The van der Waals surface area contributed by atoms with Crippen molar-refractivity contribution in [3.63, 3.8) is 0 Å². The molecule has 0 aromatic carbocycles. The standard InChI is InChI=1S/C7H6BrF2N3O2/c8-6-5(7(9)10)4(13(14)15)1-3(2-11)12-6/h1,7H,2,11H2. The lowest BCUT2D eigenvalue weighted by Crippen LogP contribution is -2.05. The van der Waals surface area contributed by atoms with Crippen LogP contribution in [0.4, 0.5) is 14.5 Å². The molecule has 0 amide bonds. The zero-order valence-corrected chi connectivity index (χ0v) is 8.87. The van der Waals surface area contributed by atoms with Gasteiger partial charge in [-0.15, -0.1) is 0 Å². The number of aromatic nitrogens is 1. The fraction of sp³-hybridized carbons (Fsp3) is 0.286. The van der Waals surface area contributed by atoms with E-state index >= 15 is 0 Å². The first-order chi connectivity index (χ1) is 6.97. The quantitative estimate of drug-likeness (QED) is 0.523. The Kier molecular flexibility index (Phi) is 3.64. The average Bonchev–Trinajstić information content (AvgIpc) is 2.15. The molecule has 1 heterocycles. The molecule has 8 heteroatoms. The Labute approximate surface area is 91.6 Å². The lowest BCUT2D eigenvalue weighted by molar-refractivity contribution is -0.386. The maximum atomic E-state index is 12.5. The van der Waals surface area contributed by atoms with Crippen LogP contribution in [0.15, 0.2) is 10.7 Å². The molecule has 0 radical (unpaired) electrons. The van der Waals surface area contributed by atoms with Crippen molar-refractivity contribution in [1.29, 1.82) is 0 Å². The SMILES string of the molecule is NCc1cc([N+](=O)[O-])c(C(F)F)c(Br)n1. The smallest absolute Gasteiger partial charge is 0.282 e. The number of nitro groups is 1. The Bertz CT molecular complexity index is 400. The van der Waals surface area contributed by atoms with E-state index in [2.05, 4.69) is 20.9 Å². The molecule has 0 spiro atoms.